The van der Waals surface area contributed by atoms with Crippen molar-refractivity contribution < 1.29 is 28.8 Å². The molecule has 1 aromatic rings. The molecule has 4 unspecified atom stereocenters. The number of imide groups is 1. The maximum absolute atomic E-state index is 13.4. The first kappa shape index (κ1) is 22.9. The van der Waals surface area contributed by atoms with Crippen molar-refractivity contribution in [3.05, 3.63) is 40.9 Å². The first-order chi connectivity index (χ1) is 16.1. The van der Waals surface area contributed by atoms with Crippen molar-refractivity contribution in [2.75, 3.05) is 24.7 Å². The van der Waals surface area contributed by atoms with Gasteiger partial charge in [0.05, 0.1) is 48.7 Å². The number of ether oxygens (including phenoxy) is 1. The lowest BCUT2D eigenvalue weighted by Gasteiger charge is -2.45. The molecule has 180 valence electrons. The van der Waals surface area contributed by atoms with Crippen LogP contribution < -0.4 is 4.90 Å². The number of hydroxylamine groups is 2. The van der Waals surface area contributed by atoms with E-state index in [1.165, 1.54) is 14.9 Å². The number of piperidine rings is 1. The van der Waals surface area contributed by atoms with Crippen LogP contribution in [0.2, 0.25) is 5.02 Å². The molecule has 0 aromatic heterocycles. The van der Waals surface area contributed by atoms with Crippen LogP contribution >= 0.6 is 11.6 Å². The number of anilines is 1. The van der Waals surface area contributed by atoms with E-state index in [0.29, 0.717) is 29.4 Å². The molecule has 4 aliphatic heterocycles. The summed E-state index contributed by atoms with van der Waals surface area (Å²) >= 11 is 6.50. The average Bonchev–Trinajstić information content (AvgIpc) is 3.23. The van der Waals surface area contributed by atoms with E-state index in [1.54, 1.807) is 25.1 Å². The minimum atomic E-state index is -0.656. The van der Waals surface area contributed by atoms with Crippen LogP contribution in [0, 0.1) is 23.2 Å². The third-order valence-corrected chi connectivity index (χ3v) is 7.40. The summed E-state index contributed by atoms with van der Waals surface area (Å²) in [6, 6.07) is 4.39. The normalized spacial score (nSPS) is 29.3. The van der Waals surface area contributed by atoms with Crippen molar-refractivity contribution in [1.29, 1.82) is 0 Å². The van der Waals surface area contributed by atoms with E-state index < -0.39 is 29.4 Å². The van der Waals surface area contributed by atoms with Gasteiger partial charge >= 0.3 is 6.09 Å². The maximum atomic E-state index is 13.4. The zero-order valence-electron chi connectivity index (χ0n) is 19.2. The fourth-order valence-electron chi connectivity index (χ4n) is 5.27. The van der Waals surface area contributed by atoms with Gasteiger partial charge < -0.3 is 9.64 Å². The lowest BCUT2D eigenvalue weighted by atomic mass is 9.70. The van der Waals surface area contributed by atoms with E-state index in [1.807, 2.05) is 26.0 Å². The van der Waals surface area contributed by atoms with Gasteiger partial charge in [0.2, 0.25) is 11.8 Å². The maximum Gasteiger partial charge on any atom is 0.410 e. The van der Waals surface area contributed by atoms with Crippen LogP contribution in [0.3, 0.4) is 0 Å². The molecule has 4 atom stereocenters. The average molecular weight is 488 g/mol. The Morgan fingerprint density at radius 1 is 1.18 bits per heavy atom. The lowest BCUT2D eigenvalue weighted by Crippen LogP contribution is -2.58. The summed E-state index contributed by atoms with van der Waals surface area (Å²) in [6.07, 6.45) is 3.26. The highest BCUT2D eigenvalue weighted by Gasteiger charge is 2.60. The van der Waals surface area contributed by atoms with Gasteiger partial charge in [-0.2, -0.15) is 0 Å². The number of carbonyl (C=O) groups is 4. The summed E-state index contributed by atoms with van der Waals surface area (Å²) in [5, 5.41) is 1.61. The molecule has 1 aromatic carbocycles. The predicted molar refractivity (Wildman–Crippen MR) is 121 cm³/mol. The van der Waals surface area contributed by atoms with Gasteiger partial charge in [-0.15, -0.1) is 0 Å². The smallest absolute Gasteiger partial charge is 0.410 e. The van der Waals surface area contributed by atoms with Gasteiger partial charge in [-0.1, -0.05) is 29.8 Å². The molecule has 0 radical (unpaired) electrons. The Balaban J connectivity index is 1.38. The third-order valence-electron chi connectivity index (χ3n) is 7.05. The number of amides is 4. The van der Waals surface area contributed by atoms with Crippen LogP contribution in [0.15, 0.2) is 30.4 Å². The summed E-state index contributed by atoms with van der Waals surface area (Å²) in [7, 11) is 0. The molecule has 0 N–H and O–H groups in total. The van der Waals surface area contributed by atoms with Gasteiger partial charge in [0.1, 0.15) is 0 Å². The number of hydrogen-bond acceptors (Lipinski definition) is 6. The molecule has 5 aliphatic rings. The lowest BCUT2D eigenvalue weighted by molar-refractivity contribution is -0.165. The molecule has 4 amide bonds. The van der Waals surface area contributed by atoms with Crippen LogP contribution in [-0.2, 0) is 30.5 Å². The molecule has 9 nitrogen and oxygen atoms in total. The van der Waals surface area contributed by atoms with Gasteiger partial charge in [-0.05, 0) is 38.5 Å². The van der Waals surface area contributed by atoms with E-state index in [0.717, 1.165) is 0 Å². The molecule has 34 heavy (non-hydrogen) atoms. The Morgan fingerprint density at radius 3 is 2.56 bits per heavy atom. The quantitative estimate of drug-likeness (QED) is 0.478. The van der Waals surface area contributed by atoms with Gasteiger partial charge in [0, 0.05) is 17.5 Å². The fraction of sp³-hybridized carbons (Fsp3) is 0.500. The zero-order chi connectivity index (χ0) is 24.4. The number of benzene rings is 1. The molecule has 4 heterocycles. The number of hydrogen-bond donors (Lipinski definition) is 0. The van der Waals surface area contributed by atoms with Crippen molar-refractivity contribution in [2.45, 2.75) is 33.4 Å². The minimum absolute atomic E-state index is 0.129. The Kier molecular flexibility index (Phi) is 5.44. The number of fused-ring (bicyclic) bond motifs is 1. The second-order valence-corrected chi connectivity index (χ2v) is 10.1. The predicted octanol–water partition coefficient (Wildman–Crippen LogP) is 2.77. The van der Waals surface area contributed by atoms with Gasteiger partial charge in [-0.3, -0.25) is 19.2 Å². The van der Waals surface area contributed by atoms with Crippen molar-refractivity contribution >= 4 is 41.1 Å². The first-order valence-electron chi connectivity index (χ1n) is 11.4. The van der Waals surface area contributed by atoms with Crippen LogP contribution in [0.5, 0.6) is 0 Å². The SMILES string of the molecule is CCOC(=O)N1CC2C=CC1C1C(=O)N(c3ccc(CN4OCC(C)(C)C4=O)c(Cl)c3)C(=O)C21. The summed E-state index contributed by atoms with van der Waals surface area (Å²) < 4.78 is 5.15. The van der Waals surface area contributed by atoms with Crippen LogP contribution in [0.1, 0.15) is 26.3 Å². The summed E-state index contributed by atoms with van der Waals surface area (Å²) in [6.45, 7) is 6.39. The van der Waals surface area contributed by atoms with E-state index >= 15 is 0 Å². The number of halogens is 1. The van der Waals surface area contributed by atoms with E-state index in [4.69, 9.17) is 21.2 Å². The largest absolute Gasteiger partial charge is 0.450 e. The fourth-order valence-corrected chi connectivity index (χ4v) is 5.50. The molecule has 1 aliphatic carbocycles. The molecule has 3 fully saturated rings. The highest BCUT2D eigenvalue weighted by molar-refractivity contribution is 6.32. The Morgan fingerprint density at radius 2 is 1.91 bits per heavy atom. The number of rotatable bonds is 4. The summed E-state index contributed by atoms with van der Waals surface area (Å²) in [5.74, 6) is -2.21. The summed E-state index contributed by atoms with van der Waals surface area (Å²) in [5.41, 5.74) is 0.416. The molecule has 6 rings (SSSR count). The van der Waals surface area contributed by atoms with Crippen LogP contribution in [0.4, 0.5) is 10.5 Å². The summed E-state index contributed by atoms with van der Waals surface area (Å²) in [4.78, 5) is 59.9. The van der Waals surface area contributed by atoms with Gasteiger partial charge in [0.25, 0.3) is 5.91 Å². The van der Waals surface area contributed by atoms with E-state index in [-0.39, 0.29) is 36.8 Å². The highest BCUT2D eigenvalue weighted by Crippen LogP contribution is 2.47. The monoisotopic (exact) mass is 487 g/mol. The van der Waals surface area contributed by atoms with E-state index in [9.17, 15) is 19.2 Å². The van der Waals surface area contributed by atoms with Crippen molar-refractivity contribution in [3.63, 3.8) is 0 Å². The minimum Gasteiger partial charge on any atom is -0.450 e. The number of nitrogens with zero attached hydrogens (tertiary/aromatic N) is 3. The standard InChI is InChI=1S/C24H26ClN3O6/c1-4-33-23(32)26-10-14-6-8-17(26)19-18(14)20(29)28(21(19)30)15-7-5-13(16(25)9-15)11-27-22(31)24(2,3)12-34-27/h5-9,14,17-19H,4,10-12H2,1-3H3. The second-order valence-electron chi connectivity index (χ2n) is 9.73. The van der Waals surface area contributed by atoms with Crippen molar-refractivity contribution in [1.82, 2.24) is 9.96 Å². The molecule has 2 bridgehead atoms. The molecular formula is C24H26ClN3O6. The molecule has 0 saturated carbocycles. The topological polar surface area (TPSA) is 96.5 Å². The Hall–Kier alpha value is -2.91. The first-order valence-corrected chi connectivity index (χ1v) is 11.7. The van der Waals surface area contributed by atoms with E-state index in [2.05, 4.69) is 0 Å². The molecule has 10 heteroatoms. The highest BCUT2D eigenvalue weighted by atomic mass is 35.5. The molecule has 3 saturated heterocycles. The van der Waals surface area contributed by atoms with Crippen molar-refractivity contribution in [2.24, 2.45) is 23.2 Å². The Labute approximate surface area is 202 Å². The van der Waals surface area contributed by atoms with Crippen LogP contribution in [-0.4, -0.2) is 59.6 Å². The van der Waals surface area contributed by atoms with Gasteiger partial charge in [0.15, 0.2) is 0 Å². The second kappa shape index (κ2) is 8.09. The molecular weight excluding hydrogens is 462 g/mol. The van der Waals surface area contributed by atoms with Gasteiger partial charge in [-0.25, -0.2) is 14.8 Å². The van der Waals surface area contributed by atoms with Crippen LogP contribution in [0.25, 0.3) is 0 Å². The Bertz CT molecular complexity index is 1120. The van der Waals surface area contributed by atoms with Crippen molar-refractivity contribution in [3.8, 4) is 0 Å². The number of carbonyl (C=O) groups excluding carboxylic acids is 4. The third kappa shape index (κ3) is 3.41. The molecule has 0 spiro atoms. The zero-order valence-corrected chi connectivity index (χ0v) is 19.9.